The molecule has 1 saturated heterocycles. The predicted octanol–water partition coefficient (Wildman–Crippen LogP) is 5.01. The standard InChI is InChI=1S/C25H25N3O3S/c1-30-17-10-11-18(21(13-17)31-2)20-9-6-12-28(20)14-22-26-24(29)23-19(15-32-25(23)27-22)16-7-4-3-5-8-16/h3-5,7-8,10-11,13,15,20H,6,9,12,14H2,1-2H3,(H,26,27,29)/t20-/m0/s1. The molecular formula is C25H25N3O3S. The molecule has 0 bridgehead atoms. The molecule has 164 valence electrons. The zero-order valence-corrected chi connectivity index (χ0v) is 18.9. The van der Waals surface area contributed by atoms with E-state index in [1.165, 1.54) is 11.3 Å². The van der Waals surface area contributed by atoms with Crippen molar-refractivity contribution in [2.45, 2.75) is 25.4 Å². The number of hydrogen-bond donors (Lipinski definition) is 1. The van der Waals surface area contributed by atoms with Crippen molar-refractivity contribution < 1.29 is 9.47 Å². The van der Waals surface area contributed by atoms with Crippen LogP contribution >= 0.6 is 11.3 Å². The third-order valence-electron chi connectivity index (χ3n) is 6.09. The summed E-state index contributed by atoms with van der Waals surface area (Å²) < 4.78 is 11.0. The van der Waals surface area contributed by atoms with Crippen molar-refractivity contribution in [3.63, 3.8) is 0 Å². The number of benzene rings is 2. The van der Waals surface area contributed by atoms with Crippen molar-refractivity contribution in [1.82, 2.24) is 14.9 Å². The predicted molar refractivity (Wildman–Crippen MR) is 128 cm³/mol. The Kier molecular flexibility index (Phi) is 5.68. The minimum atomic E-state index is -0.0807. The first-order valence-electron chi connectivity index (χ1n) is 10.7. The second-order valence-corrected chi connectivity index (χ2v) is 8.80. The number of nitrogens with one attached hydrogen (secondary N) is 1. The Labute approximate surface area is 190 Å². The first-order chi connectivity index (χ1) is 15.7. The normalized spacial score (nSPS) is 16.5. The number of rotatable bonds is 6. The highest BCUT2D eigenvalue weighted by Crippen LogP contribution is 2.39. The number of methoxy groups -OCH3 is 2. The lowest BCUT2D eigenvalue weighted by molar-refractivity contribution is 0.237. The van der Waals surface area contributed by atoms with Gasteiger partial charge in [-0.3, -0.25) is 9.69 Å². The molecular weight excluding hydrogens is 422 g/mol. The van der Waals surface area contributed by atoms with Crippen LogP contribution in [0.15, 0.2) is 58.7 Å². The third-order valence-corrected chi connectivity index (χ3v) is 6.97. The largest absolute Gasteiger partial charge is 0.497 e. The van der Waals surface area contributed by atoms with Crippen molar-refractivity contribution in [2.75, 3.05) is 20.8 Å². The maximum absolute atomic E-state index is 13.0. The van der Waals surface area contributed by atoms with Gasteiger partial charge in [0.05, 0.1) is 26.2 Å². The van der Waals surface area contributed by atoms with Gasteiger partial charge in [0.15, 0.2) is 0 Å². The van der Waals surface area contributed by atoms with Gasteiger partial charge in [0.1, 0.15) is 22.2 Å². The number of thiophene rings is 1. The van der Waals surface area contributed by atoms with Crippen LogP contribution in [0, 0.1) is 0 Å². The average Bonchev–Trinajstić information content (AvgIpc) is 3.46. The number of aromatic nitrogens is 2. The molecule has 2 aromatic carbocycles. The summed E-state index contributed by atoms with van der Waals surface area (Å²) in [5.41, 5.74) is 3.03. The molecule has 1 aliphatic rings. The van der Waals surface area contributed by atoms with E-state index >= 15 is 0 Å². The van der Waals surface area contributed by atoms with E-state index in [1.54, 1.807) is 14.2 Å². The van der Waals surface area contributed by atoms with Crippen molar-refractivity contribution in [3.05, 3.63) is 75.7 Å². The Bertz CT molecular complexity index is 1300. The van der Waals surface area contributed by atoms with Crippen molar-refractivity contribution >= 4 is 21.6 Å². The van der Waals surface area contributed by atoms with Gasteiger partial charge in [-0.1, -0.05) is 36.4 Å². The second-order valence-electron chi connectivity index (χ2n) is 7.94. The van der Waals surface area contributed by atoms with Crippen LogP contribution in [-0.2, 0) is 6.54 Å². The van der Waals surface area contributed by atoms with Crippen LogP contribution < -0.4 is 15.0 Å². The van der Waals surface area contributed by atoms with Gasteiger partial charge in [-0.15, -0.1) is 11.3 Å². The molecule has 0 radical (unpaired) electrons. The van der Waals surface area contributed by atoms with E-state index in [0.717, 1.165) is 52.4 Å². The van der Waals surface area contributed by atoms with Crippen LogP contribution in [0.3, 0.4) is 0 Å². The van der Waals surface area contributed by atoms with E-state index in [4.69, 9.17) is 14.5 Å². The van der Waals surface area contributed by atoms with E-state index in [0.29, 0.717) is 17.8 Å². The van der Waals surface area contributed by atoms with Gasteiger partial charge in [-0.2, -0.15) is 0 Å². The van der Waals surface area contributed by atoms with Crippen molar-refractivity contribution in [2.24, 2.45) is 0 Å². The van der Waals surface area contributed by atoms with Crippen molar-refractivity contribution in [3.8, 4) is 22.6 Å². The summed E-state index contributed by atoms with van der Waals surface area (Å²) in [4.78, 5) is 24.0. The van der Waals surface area contributed by atoms with Crippen LogP contribution in [0.2, 0.25) is 0 Å². The van der Waals surface area contributed by atoms with Gasteiger partial charge in [0.25, 0.3) is 5.56 Å². The van der Waals surface area contributed by atoms with Gasteiger partial charge < -0.3 is 14.5 Å². The smallest absolute Gasteiger partial charge is 0.260 e. The number of fused-ring (bicyclic) bond motifs is 1. The quantitative estimate of drug-likeness (QED) is 0.450. The first-order valence-corrected chi connectivity index (χ1v) is 11.6. The number of ether oxygens (including phenoxy) is 2. The third kappa shape index (κ3) is 3.78. The van der Waals surface area contributed by atoms with Crippen molar-refractivity contribution in [1.29, 1.82) is 0 Å². The number of aromatic amines is 1. The summed E-state index contributed by atoms with van der Waals surface area (Å²) in [6.45, 7) is 1.53. The Morgan fingerprint density at radius 2 is 2.00 bits per heavy atom. The Morgan fingerprint density at radius 3 is 2.78 bits per heavy atom. The minimum Gasteiger partial charge on any atom is -0.497 e. The zero-order valence-electron chi connectivity index (χ0n) is 18.1. The highest BCUT2D eigenvalue weighted by Gasteiger charge is 2.29. The van der Waals surface area contributed by atoms with Crippen LogP contribution in [0.1, 0.15) is 30.3 Å². The molecule has 1 atom stereocenters. The monoisotopic (exact) mass is 447 g/mol. The van der Waals surface area contributed by atoms with Gasteiger partial charge in [-0.25, -0.2) is 4.98 Å². The first kappa shape index (κ1) is 20.7. The fraction of sp³-hybridized carbons (Fsp3) is 0.280. The molecule has 0 amide bonds. The molecule has 0 aliphatic carbocycles. The summed E-state index contributed by atoms with van der Waals surface area (Å²) in [7, 11) is 3.34. The Morgan fingerprint density at radius 1 is 1.16 bits per heavy atom. The van der Waals surface area contributed by atoms with Gasteiger partial charge in [0.2, 0.25) is 0 Å². The van der Waals surface area contributed by atoms with E-state index in [2.05, 4.69) is 16.0 Å². The summed E-state index contributed by atoms with van der Waals surface area (Å²) in [5, 5.41) is 2.69. The van der Waals surface area contributed by atoms with E-state index in [-0.39, 0.29) is 11.6 Å². The number of H-pyrrole nitrogens is 1. The lowest BCUT2D eigenvalue weighted by atomic mass is 10.0. The fourth-order valence-corrected chi connectivity index (χ4v) is 5.52. The fourth-order valence-electron chi connectivity index (χ4n) is 4.55. The number of hydrogen-bond acceptors (Lipinski definition) is 6. The molecule has 1 N–H and O–H groups in total. The highest BCUT2D eigenvalue weighted by molar-refractivity contribution is 7.17. The van der Waals surface area contributed by atoms with Gasteiger partial charge >= 0.3 is 0 Å². The summed E-state index contributed by atoms with van der Waals surface area (Å²) >= 11 is 1.52. The lowest BCUT2D eigenvalue weighted by Gasteiger charge is -2.26. The highest BCUT2D eigenvalue weighted by atomic mass is 32.1. The molecule has 1 aliphatic heterocycles. The minimum absolute atomic E-state index is 0.0807. The molecule has 3 heterocycles. The molecule has 2 aromatic heterocycles. The topological polar surface area (TPSA) is 67.5 Å². The van der Waals surface area contributed by atoms with Crippen LogP contribution in [0.5, 0.6) is 11.5 Å². The van der Waals surface area contributed by atoms with Crippen LogP contribution in [0.25, 0.3) is 21.3 Å². The molecule has 5 rings (SSSR count). The Balaban J connectivity index is 1.45. The van der Waals surface area contributed by atoms with Crippen LogP contribution in [-0.4, -0.2) is 35.6 Å². The van der Waals surface area contributed by atoms with E-state index < -0.39 is 0 Å². The molecule has 0 spiro atoms. The average molecular weight is 448 g/mol. The number of likely N-dealkylation sites (tertiary alicyclic amines) is 1. The molecule has 6 nitrogen and oxygen atoms in total. The summed E-state index contributed by atoms with van der Waals surface area (Å²) in [5.74, 6) is 2.30. The van der Waals surface area contributed by atoms with Gasteiger partial charge in [0, 0.05) is 28.6 Å². The summed E-state index contributed by atoms with van der Waals surface area (Å²) in [6, 6.07) is 16.2. The maximum atomic E-state index is 13.0. The van der Waals surface area contributed by atoms with Gasteiger partial charge in [-0.05, 0) is 31.0 Å². The Hall–Kier alpha value is -3.16. The maximum Gasteiger partial charge on any atom is 0.260 e. The molecule has 1 fully saturated rings. The molecule has 32 heavy (non-hydrogen) atoms. The summed E-state index contributed by atoms with van der Waals surface area (Å²) in [6.07, 6.45) is 2.12. The SMILES string of the molecule is COc1ccc([C@@H]2CCCN2Cc2nc3scc(-c4ccccc4)c3c(=O)[nH]2)c(OC)c1. The second kappa shape index (κ2) is 8.76. The van der Waals surface area contributed by atoms with E-state index in [9.17, 15) is 4.79 Å². The lowest BCUT2D eigenvalue weighted by Crippen LogP contribution is -2.26. The molecule has 4 aromatic rings. The van der Waals surface area contributed by atoms with Crippen LogP contribution in [0.4, 0.5) is 0 Å². The molecule has 7 heteroatoms. The van der Waals surface area contributed by atoms with E-state index in [1.807, 2.05) is 47.8 Å². The zero-order chi connectivity index (χ0) is 22.1. The molecule has 0 unspecified atom stereocenters. The molecule has 0 saturated carbocycles. The number of nitrogens with zero attached hydrogens (tertiary/aromatic N) is 2.